The summed E-state index contributed by atoms with van der Waals surface area (Å²) in [5, 5.41) is 10.6. The number of ether oxygens (including phenoxy) is 2. The van der Waals surface area contributed by atoms with Crippen LogP contribution in [0.15, 0.2) is 36.5 Å². The summed E-state index contributed by atoms with van der Waals surface area (Å²) in [4.78, 5) is 16.1. The summed E-state index contributed by atoms with van der Waals surface area (Å²) < 4.78 is 10.6. The maximum atomic E-state index is 10.6. The lowest BCUT2D eigenvalue weighted by Crippen LogP contribution is -2.17. The first-order valence-electron chi connectivity index (χ1n) is 6.33. The molecule has 7 heteroatoms. The second kappa shape index (κ2) is 5.28. The van der Waals surface area contributed by atoms with Gasteiger partial charge < -0.3 is 14.4 Å². The average Bonchev–Trinajstić information content (AvgIpc) is 2.95. The molecule has 0 atom stereocenters. The first-order chi connectivity index (χ1) is 10.1. The zero-order valence-electron chi connectivity index (χ0n) is 11.4. The van der Waals surface area contributed by atoms with Gasteiger partial charge in [0.2, 0.25) is 6.79 Å². The van der Waals surface area contributed by atoms with E-state index in [4.69, 9.17) is 9.47 Å². The highest BCUT2D eigenvalue weighted by atomic mass is 16.7. The number of aromatic nitrogens is 1. The highest BCUT2D eigenvalue weighted by Crippen LogP contribution is 2.33. The molecule has 0 radical (unpaired) electrons. The van der Waals surface area contributed by atoms with E-state index in [2.05, 4.69) is 4.98 Å². The fourth-order valence-electron chi connectivity index (χ4n) is 2.11. The van der Waals surface area contributed by atoms with Gasteiger partial charge in [-0.3, -0.25) is 10.1 Å². The van der Waals surface area contributed by atoms with Crippen LogP contribution in [0.1, 0.15) is 5.56 Å². The molecule has 1 aromatic heterocycles. The van der Waals surface area contributed by atoms with Gasteiger partial charge >= 0.3 is 0 Å². The summed E-state index contributed by atoms with van der Waals surface area (Å²) in [6.45, 7) is 0.861. The van der Waals surface area contributed by atoms with Crippen molar-refractivity contribution in [3.8, 4) is 11.5 Å². The smallest absolute Gasteiger partial charge is 0.287 e. The number of benzene rings is 1. The fourth-order valence-corrected chi connectivity index (χ4v) is 2.11. The van der Waals surface area contributed by atoms with Crippen LogP contribution >= 0.6 is 0 Å². The summed E-state index contributed by atoms with van der Waals surface area (Å²) >= 11 is 0. The number of hydrogen-bond donors (Lipinski definition) is 0. The van der Waals surface area contributed by atoms with Crippen molar-refractivity contribution in [2.24, 2.45) is 0 Å². The summed E-state index contributed by atoms with van der Waals surface area (Å²) in [7, 11) is 1.87. The molecule has 0 unspecified atom stereocenters. The number of nitrogens with zero attached hydrogens (tertiary/aromatic N) is 3. The van der Waals surface area contributed by atoms with E-state index in [-0.39, 0.29) is 12.5 Å². The van der Waals surface area contributed by atoms with Gasteiger partial charge in [-0.05, 0) is 23.8 Å². The Balaban J connectivity index is 1.73. The molecule has 0 aliphatic carbocycles. The Kier molecular flexibility index (Phi) is 3.31. The molecule has 21 heavy (non-hydrogen) atoms. The van der Waals surface area contributed by atoms with Gasteiger partial charge in [0, 0.05) is 19.7 Å². The lowest BCUT2D eigenvalue weighted by Gasteiger charge is -2.18. The van der Waals surface area contributed by atoms with Crippen LogP contribution in [0.4, 0.5) is 11.5 Å². The van der Waals surface area contributed by atoms with E-state index in [9.17, 15) is 10.1 Å². The predicted molar refractivity (Wildman–Crippen MR) is 75.6 cm³/mol. The lowest BCUT2D eigenvalue weighted by atomic mass is 10.2. The topological polar surface area (TPSA) is 77.7 Å². The SMILES string of the molecule is CN(Cc1ccc2c(c1)OCO2)c1ccc([N+](=O)[O-])cn1. The van der Waals surface area contributed by atoms with E-state index in [1.165, 1.54) is 12.3 Å². The minimum atomic E-state index is -0.464. The third-order valence-electron chi connectivity index (χ3n) is 3.19. The zero-order valence-corrected chi connectivity index (χ0v) is 11.4. The minimum absolute atomic E-state index is 0.0183. The Morgan fingerprint density at radius 1 is 1.29 bits per heavy atom. The molecule has 7 nitrogen and oxygen atoms in total. The largest absolute Gasteiger partial charge is 0.454 e. The predicted octanol–water partition coefficient (Wildman–Crippen LogP) is 2.35. The van der Waals surface area contributed by atoms with Gasteiger partial charge in [0.15, 0.2) is 11.5 Å². The van der Waals surface area contributed by atoms with Gasteiger partial charge in [0.1, 0.15) is 12.0 Å². The normalized spacial score (nSPS) is 12.2. The van der Waals surface area contributed by atoms with Crippen molar-refractivity contribution in [1.82, 2.24) is 4.98 Å². The van der Waals surface area contributed by atoms with Crippen LogP contribution in [0.2, 0.25) is 0 Å². The molecule has 2 heterocycles. The molecule has 1 aliphatic rings. The van der Waals surface area contributed by atoms with Crippen molar-refractivity contribution in [2.75, 3.05) is 18.7 Å². The van der Waals surface area contributed by atoms with Crippen molar-refractivity contribution in [2.45, 2.75) is 6.54 Å². The van der Waals surface area contributed by atoms with Gasteiger partial charge in [-0.1, -0.05) is 6.07 Å². The van der Waals surface area contributed by atoms with Crippen LogP contribution in [0.25, 0.3) is 0 Å². The molecule has 0 bridgehead atoms. The third kappa shape index (κ3) is 2.71. The standard InChI is InChI=1S/C14H13N3O4/c1-16(14-5-3-11(7-15-14)17(18)19)8-10-2-4-12-13(6-10)21-9-20-12/h2-7H,8-9H2,1H3. The Morgan fingerprint density at radius 3 is 2.81 bits per heavy atom. The van der Waals surface area contributed by atoms with Crippen molar-refractivity contribution >= 4 is 11.5 Å². The van der Waals surface area contributed by atoms with Crippen molar-refractivity contribution in [3.05, 3.63) is 52.2 Å². The molecule has 0 saturated carbocycles. The van der Waals surface area contributed by atoms with E-state index in [0.717, 1.165) is 17.1 Å². The molecule has 0 spiro atoms. The molecular formula is C14H13N3O4. The number of rotatable bonds is 4. The van der Waals surface area contributed by atoms with Gasteiger partial charge in [0.25, 0.3) is 5.69 Å². The van der Waals surface area contributed by atoms with Crippen LogP contribution in [0.5, 0.6) is 11.5 Å². The summed E-state index contributed by atoms with van der Waals surface area (Å²) in [5.41, 5.74) is 1.03. The van der Waals surface area contributed by atoms with Crippen molar-refractivity contribution < 1.29 is 14.4 Å². The molecule has 1 aromatic carbocycles. The second-order valence-corrected chi connectivity index (χ2v) is 4.68. The third-order valence-corrected chi connectivity index (χ3v) is 3.19. The quantitative estimate of drug-likeness (QED) is 0.634. The van der Waals surface area contributed by atoms with Gasteiger partial charge in [-0.15, -0.1) is 0 Å². The highest BCUT2D eigenvalue weighted by molar-refractivity contribution is 5.47. The molecular weight excluding hydrogens is 274 g/mol. The monoisotopic (exact) mass is 287 g/mol. The van der Waals surface area contributed by atoms with E-state index in [0.29, 0.717) is 12.4 Å². The minimum Gasteiger partial charge on any atom is -0.454 e. The average molecular weight is 287 g/mol. The Bertz CT molecular complexity index is 672. The zero-order chi connectivity index (χ0) is 14.8. The molecule has 0 saturated heterocycles. The van der Waals surface area contributed by atoms with E-state index < -0.39 is 4.92 Å². The first kappa shape index (κ1) is 13.2. The van der Waals surface area contributed by atoms with Gasteiger partial charge in [-0.2, -0.15) is 0 Å². The maximum Gasteiger partial charge on any atom is 0.287 e. The molecule has 1 aliphatic heterocycles. The summed E-state index contributed by atoms with van der Waals surface area (Å²) in [6.07, 6.45) is 1.26. The molecule has 0 N–H and O–H groups in total. The van der Waals surface area contributed by atoms with Crippen LogP contribution < -0.4 is 14.4 Å². The number of hydrogen-bond acceptors (Lipinski definition) is 6. The van der Waals surface area contributed by atoms with Crippen LogP contribution in [0.3, 0.4) is 0 Å². The number of pyridine rings is 1. The highest BCUT2D eigenvalue weighted by Gasteiger charge is 2.14. The van der Waals surface area contributed by atoms with Gasteiger partial charge in [0.05, 0.1) is 4.92 Å². The number of anilines is 1. The van der Waals surface area contributed by atoms with E-state index in [1.807, 2.05) is 30.1 Å². The molecule has 3 rings (SSSR count). The molecule has 0 fully saturated rings. The maximum absolute atomic E-state index is 10.6. The fraction of sp³-hybridized carbons (Fsp3) is 0.214. The van der Waals surface area contributed by atoms with Crippen LogP contribution in [-0.2, 0) is 6.54 Å². The van der Waals surface area contributed by atoms with E-state index in [1.54, 1.807) is 6.07 Å². The van der Waals surface area contributed by atoms with E-state index >= 15 is 0 Å². The number of fused-ring (bicyclic) bond motifs is 1. The Hall–Kier alpha value is -2.83. The molecule has 0 amide bonds. The first-order valence-corrected chi connectivity index (χ1v) is 6.33. The summed E-state index contributed by atoms with van der Waals surface area (Å²) in [5.74, 6) is 2.14. The Morgan fingerprint density at radius 2 is 2.10 bits per heavy atom. The van der Waals surface area contributed by atoms with Gasteiger partial charge in [-0.25, -0.2) is 4.98 Å². The number of nitro groups is 1. The molecule has 2 aromatic rings. The van der Waals surface area contributed by atoms with Crippen molar-refractivity contribution in [1.29, 1.82) is 0 Å². The van der Waals surface area contributed by atoms with Crippen molar-refractivity contribution in [3.63, 3.8) is 0 Å². The summed E-state index contributed by atoms with van der Waals surface area (Å²) in [6, 6.07) is 8.82. The molecule has 108 valence electrons. The lowest BCUT2D eigenvalue weighted by molar-refractivity contribution is -0.385. The van der Waals surface area contributed by atoms with Crippen LogP contribution in [0, 0.1) is 10.1 Å². The Labute approximate surface area is 120 Å². The van der Waals surface area contributed by atoms with Crippen LogP contribution in [-0.4, -0.2) is 23.7 Å². The second-order valence-electron chi connectivity index (χ2n) is 4.68.